The Bertz CT molecular complexity index is 571. The van der Waals surface area contributed by atoms with E-state index in [1.807, 2.05) is 30.3 Å². The van der Waals surface area contributed by atoms with Crippen LogP contribution in [0.3, 0.4) is 0 Å². The first-order valence-electron chi connectivity index (χ1n) is 8.66. The van der Waals surface area contributed by atoms with Crippen LogP contribution in [0.1, 0.15) is 38.2 Å². The van der Waals surface area contributed by atoms with Gasteiger partial charge in [0, 0.05) is 5.56 Å². The van der Waals surface area contributed by atoms with Crippen molar-refractivity contribution in [3.8, 4) is 11.3 Å². The third-order valence-corrected chi connectivity index (χ3v) is 4.39. The molecule has 126 valence electrons. The highest BCUT2D eigenvalue weighted by Gasteiger charge is 2.08. The number of aliphatic hydroxyl groups is 1. The van der Waals surface area contributed by atoms with Gasteiger partial charge in [-0.15, -0.1) is 0 Å². The highest BCUT2D eigenvalue weighted by molar-refractivity contribution is 5.58. The molecule has 1 aromatic heterocycles. The quantitative estimate of drug-likeness (QED) is 0.604. The fourth-order valence-electron chi connectivity index (χ4n) is 2.72. The first kappa shape index (κ1) is 17.7. The molecule has 4 nitrogen and oxygen atoms in total. The average molecular weight is 318 g/mol. The van der Waals surface area contributed by atoms with Crippen LogP contribution in [0.25, 0.3) is 11.3 Å². The van der Waals surface area contributed by atoms with Gasteiger partial charge in [-0.3, -0.25) is 0 Å². The van der Waals surface area contributed by atoms with Crippen molar-refractivity contribution in [2.45, 2.75) is 33.4 Å². The Labute approximate surface area is 139 Å². The third-order valence-electron chi connectivity index (χ3n) is 4.39. The van der Waals surface area contributed by atoms with Crippen LogP contribution in [0.15, 0.2) is 40.8 Å². The van der Waals surface area contributed by atoms with Gasteiger partial charge in [0.05, 0.1) is 19.2 Å². The smallest absolute Gasteiger partial charge is 0.158 e. The number of hydrogen-bond donors (Lipinski definition) is 3. The van der Waals surface area contributed by atoms with E-state index in [0.717, 1.165) is 35.7 Å². The van der Waals surface area contributed by atoms with Crippen LogP contribution >= 0.6 is 0 Å². The molecule has 0 aliphatic rings. The minimum absolute atomic E-state index is 0.432. The number of quaternary nitrogens is 2. The Morgan fingerprint density at radius 3 is 2.39 bits per heavy atom. The van der Waals surface area contributed by atoms with E-state index in [1.165, 1.54) is 19.6 Å². The molecular formula is C19H30N2O2+2. The Morgan fingerprint density at radius 1 is 1.09 bits per heavy atom. The maximum atomic E-state index is 9.56. The van der Waals surface area contributed by atoms with Crippen molar-refractivity contribution in [3.05, 3.63) is 47.7 Å². The van der Waals surface area contributed by atoms with Gasteiger partial charge in [-0.1, -0.05) is 24.3 Å². The Hall–Kier alpha value is -1.62. The fraction of sp³-hybridized carbons (Fsp3) is 0.474. The molecule has 0 amide bonds. The average Bonchev–Trinajstić information content (AvgIpc) is 3.04. The molecule has 4 N–H and O–H groups in total. The Kier molecular flexibility index (Phi) is 6.84. The van der Waals surface area contributed by atoms with Crippen LogP contribution in [0.5, 0.6) is 0 Å². The number of benzene rings is 1. The van der Waals surface area contributed by atoms with E-state index in [2.05, 4.69) is 25.2 Å². The third kappa shape index (κ3) is 5.20. The van der Waals surface area contributed by atoms with Crippen LogP contribution in [0.4, 0.5) is 0 Å². The molecule has 0 radical (unpaired) electrons. The van der Waals surface area contributed by atoms with E-state index in [4.69, 9.17) is 4.42 Å². The number of aliphatic hydroxyl groups excluding tert-OH is 1. The molecule has 2 rings (SSSR count). The summed E-state index contributed by atoms with van der Waals surface area (Å²) in [5, 5.41) is 11.9. The molecular weight excluding hydrogens is 288 g/mol. The van der Waals surface area contributed by atoms with E-state index >= 15 is 0 Å². The van der Waals surface area contributed by atoms with Crippen LogP contribution in [-0.4, -0.2) is 31.3 Å². The molecule has 1 heterocycles. The molecule has 0 saturated carbocycles. The number of likely N-dealkylation sites (N-methyl/N-ethyl adjacent to an activating group) is 1. The number of nitrogens with two attached hydrogens (primary N) is 1. The fourth-order valence-corrected chi connectivity index (χ4v) is 2.72. The summed E-state index contributed by atoms with van der Waals surface area (Å²) in [5.41, 5.74) is 1.97. The number of nitrogens with one attached hydrogen (secondary N) is 1. The molecule has 2 aromatic rings. The van der Waals surface area contributed by atoms with Gasteiger partial charge in [0.2, 0.25) is 0 Å². The lowest BCUT2D eigenvalue weighted by atomic mass is 10.1. The summed E-state index contributed by atoms with van der Waals surface area (Å²) >= 11 is 0. The zero-order valence-corrected chi connectivity index (χ0v) is 14.5. The van der Waals surface area contributed by atoms with Crippen LogP contribution in [0, 0.1) is 0 Å². The zero-order chi connectivity index (χ0) is 16.7. The first-order valence-corrected chi connectivity index (χ1v) is 8.66. The first-order chi connectivity index (χ1) is 11.1. The second-order valence-corrected chi connectivity index (χ2v) is 6.05. The van der Waals surface area contributed by atoms with E-state index < -0.39 is 6.10 Å². The second kappa shape index (κ2) is 8.87. The summed E-state index contributed by atoms with van der Waals surface area (Å²) in [4.78, 5) is 1.64. The SMILES string of the molecule is CC[NH+](CC)CC[NH2+]Cc1ccc(-c2ccc([C@@H](C)O)cc2)o1. The molecule has 4 heteroatoms. The van der Waals surface area contributed by atoms with Crippen molar-refractivity contribution in [1.29, 1.82) is 0 Å². The van der Waals surface area contributed by atoms with Gasteiger partial charge >= 0.3 is 0 Å². The summed E-state index contributed by atoms with van der Waals surface area (Å²) in [6.07, 6.45) is -0.432. The Balaban J connectivity index is 1.85. The highest BCUT2D eigenvalue weighted by Crippen LogP contribution is 2.23. The maximum absolute atomic E-state index is 9.56. The van der Waals surface area contributed by atoms with Crippen molar-refractivity contribution < 1.29 is 19.7 Å². The van der Waals surface area contributed by atoms with Crippen LogP contribution in [0.2, 0.25) is 0 Å². The van der Waals surface area contributed by atoms with E-state index in [-0.39, 0.29) is 0 Å². The molecule has 0 fully saturated rings. The number of furan rings is 1. The van der Waals surface area contributed by atoms with Gasteiger partial charge in [0.25, 0.3) is 0 Å². The number of hydrogen-bond acceptors (Lipinski definition) is 2. The lowest BCUT2D eigenvalue weighted by Gasteiger charge is -2.13. The van der Waals surface area contributed by atoms with Crippen molar-refractivity contribution in [2.24, 2.45) is 0 Å². The second-order valence-electron chi connectivity index (χ2n) is 6.05. The molecule has 0 saturated heterocycles. The predicted octanol–water partition coefficient (Wildman–Crippen LogP) is 0.988. The summed E-state index contributed by atoms with van der Waals surface area (Å²) < 4.78 is 5.93. The summed E-state index contributed by atoms with van der Waals surface area (Å²) in [6, 6.07) is 12.0. The molecule has 0 spiro atoms. The topological polar surface area (TPSA) is 54.4 Å². The minimum atomic E-state index is -0.432. The van der Waals surface area contributed by atoms with Crippen molar-refractivity contribution in [1.82, 2.24) is 0 Å². The van der Waals surface area contributed by atoms with E-state index in [1.54, 1.807) is 11.8 Å². The summed E-state index contributed by atoms with van der Waals surface area (Å²) in [7, 11) is 0. The van der Waals surface area contributed by atoms with Gasteiger partial charge < -0.3 is 19.7 Å². The van der Waals surface area contributed by atoms with Gasteiger partial charge in [-0.2, -0.15) is 0 Å². The summed E-state index contributed by atoms with van der Waals surface area (Å²) in [6.45, 7) is 11.8. The standard InChI is InChI=1S/C19H28N2O2/c1-4-21(5-2)13-12-20-14-18-10-11-19(23-18)17-8-6-16(7-9-17)15(3)22/h6-11,15,20,22H,4-5,12-14H2,1-3H3/p+2/t15-/m1/s1. The predicted molar refractivity (Wildman–Crippen MR) is 92.2 cm³/mol. The van der Waals surface area contributed by atoms with Crippen molar-refractivity contribution in [3.63, 3.8) is 0 Å². The molecule has 23 heavy (non-hydrogen) atoms. The highest BCUT2D eigenvalue weighted by atomic mass is 16.3. The number of rotatable bonds is 9. The molecule has 0 aliphatic heterocycles. The molecule has 1 aromatic carbocycles. The lowest BCUT2D eigenvalue weighted by molar-refractivity contribution is -0.910. The van der Waals surface area contributed by atoms with Crippen molar-refractivity contribution >= 4 is 0 Å². The van der Waals surface area contributed by atoms with Gasteiger partial charge in [-0.05, 0) is 38.5 Å². The van der Waals surface area contributed by atoms with Gasteiger partial charge in [0.1, 0.15) is 25.4 Å². The summed E-state index contributed by atoms with van der Waals surface area (Å²) in [5.74, 6) is 1.90. The van der Waals surface area contributed by atoms with Crippen molar-refractivity contribution in [2.75, 3.05) is 26.2 Å². The van der Waals surface area contributed by atoms with Crippen LogP contribution in [-0.2, 0) is 6.54 Å². The van der Waals surface area contributed by atoms with E-state index in [9.17, 15) is 5.11 Å². The van der Waals surface area contributed by atoms with Gasteiger partial charge in [-0.25, -0.2) is 0 Å². The zero-order valence-electron chi connectivity index (χ0n) is 14.5. The largest absolute Gasteiger partial charge is 0.455 e. The van der Waals surface area contributed by atoms with Gasteiger partial charge in [0.15, 0.2) is 5.76 Å². The normalized spacial score (nSPS) is 12.7. The lowest BCUT2D eigenvalue weighted by Crippen LogP contribution is -3.14. The van der Waals surface area contributed by atoms with Crippen LogP contribution < -0.4 is 10.2 Å². The molecule has 0 aliphatic carbocycles. The molecule has 0 bridgehead atoms. The Morgan fingerprint density at radius 2 is 1.78 bits per heavy atom. The molecule has 0 unspecified atom stereocenters. The molecule has 1 atom stereocenters. The monoisotopic (exact) mass is 318 g/mol. The van der Waals surface area contributed by atoms with E-state index in [0.29, 0.717) is 0 Å². The maximum Gasteiger partial charge on any atom is 0.158 e. The minimum Gasteiger partial charge on any atom is -0.455 e.